The third-order valence-corrected chi connectivity index (χ3v) is 7.54. The van der Waals surface area contributed by atoms with E-state index in [0.717, 1.165) is 39.4 Å². The second-order valence-corrected chi connectivity index (χ2v) is 13.0. The van der Waals surface area contributed by atoms with Crippen molar-refractivity contribution in [2.24, 2.45) is 5.73 Å². The van der Waals surface area contributed by atoms with Gasteiger partial charge in [-0.2, -0.15) is 0 Å². The van der Waals surface area contributed by atoms with E-state index in [1.54, 1.807) is 0 Å². The lowest BCUT2D eigenvalue weighted by molar-refractivity contribution is 0.242. The summed E-state index contributed by atoms with van der Waals surface area (Å²) in [6.45, 7) is 19.3. The summed E-state index contributed by atoms with van der Waals surface area (Å²) in [6, 6.07) is 0. The Kier molecular flexibility index (Phi) is 11.9. The van der Waals surface area contributed by atoms with E-state index in [-0.39, 0.29) is 0 Å². The van der Waals surface area contributed by atoms with Crippen molar-refractivity contribution >= 4 is 19.5 Å². The van der Waals surface area contributed by atoms with Gasteiger partial charge in [-0.05, 0) is 49.9 Å². The van der Waals surface area contributed by atoms with Crippen LogP contribution in [0.4, 0.5) is 0 Å². The van der Waals surface area contributed by atoms with E-state index in [4.69, 9.17) is 14.6 Å². The van der Waals surface area contributed by atoms with Gasteiger partial charge in [0.1, 0.15) is 0 Å². The summed E-state index contributed by atoms with van der Waals surface area (Å²) in [5.41, 5.74) is 5.79. The van der Waals surface area contributed by atoms with E-state index in [9.17, 15) is 0 Å². The van der Waals surface area contributed by atoms with Gasteiger partial charge in [0.2, 0.25) is 0 Å². The van der Waals surface area contributed by atoms with Crippen LogP contribution in [0.15, 0.2) is 0 Å². The highest BCUT2D eigenvalue weighted by Gasteiger charge is 2.23. The first-order valence-electron chi connectivity index (χ1n) is 8.84. The van der Waals surface area contributed by atoms with Gasteiger partial charge in [-0.3, -0.25) is 0 Å². The quantitative estimate of drug-likeness (QED) is 0.485. The van der Waals surface area contributed by atoms with Gasteiger partial charge in [0.05, 0.1) is 0 Å². The predicted molar refractivity (Wildman–Crippen MR) is 103 cm³/mol. The fourth-order valence-corrected chi connectivity index (χ4v) is 4.46. The highest BCUT2D eigenvalue weighted by Crippen LogP contribution is 2.30. The molecule has 0 aliphatic rings. The van der Waals surface area contributed by atoms with Gasteiger partial charge in [0.15, 0.2) is 19.5 Å². The fourth-order valence-electron chi connectivity index (χ4n) is 2.34. The second-order valence-electron chi connectivity index (χ2n) is 7.73. The molecule has 0 aromatic rings. The predicted octanol–water partition coefficient (Wildman–Crippen LogP) is 1.66. The van der Waals surface area contributed by atoms with Crippen LogP contribution >= 0.6 is 0 Å². The molecular weight excluding hydrogens is 308 g/mol. The van der Waals surface area contributed by atoms with Gasteiger partial charge in [0, 0.05) is 26.3 Å². The van der Waals surface area contributed by atoms with Crippen molar-refractivity contribution in [3.05, 3.63) is 0 Å². The molecule has 0 atom stereocenters. The van der Waals surface area contributed by atoms with Crippen LogP contribution in [0.5, 0.6) is 0 Å². The first-order chi connectivity index (χ1) is 10.3. The lowest BCUT2D eigenvalue weighted by atomic mass is 10.1. The highest BCUT2D eigenvalue weighted by atomic mass is 28.2. The molecule has 0 aromatic carbocycles. The van der Waals surface area contributed by atoms with E-state index >= 15 is 0 Å². The van der Waals surface area contributed by atoms with Crippen molar-refractivity contribution in [3.63, 3.8) is 0 Å². The summed E-state index contributed by atoms with van der Waals surface area (Å²) in [7, 11) is -0.883. The summed E-state index contributed by atoms with van der Waals surface area (Å²) >= 11 is 0. The second kappa shape index (κ2) is 11.8. The number of nitrogens with zero attached hydrogens (tertiary/aromatic N) is 1. The molecule has 0 bridgehead atoms. The van der Waals surface area contributed by atoms with Crippen LogP contribution in [0.3, 0.4) is 0 Å². The summed E-state index contributed by atoms with van der Waals surface area (Å²) in [4.78, 5) is 2.53. The molecule has 0 saturated heterocycles. The SMILES string of the molecule is CCO[SiH2]C(C)(C)CCN(CCN)CCC(C)(C)[SiH2]OCC. The van der Waals surface area contributed by atoms with E-state index in [0.29, 0.717) is 10.1 Å². The minimum absolute atomic E-state index is 0.373. The Bertz CT molecular complexity index is 253. The summed E-state index contributed by atoms with van der Waals surface area (Å²) < 4.78 is 11.5. The van der Waals surface area contributed by atoms with Gasteiger partial charge in [-0.25, -0.2) is 0 Å². The van der Waals surface area contributed by atoms with Crippen molar-refractivity contribution in [1.82, 2.24) is 4.90 Å². The third-order valence-electron chi connectivity index (χ3n) is 4.05. The van der Waals surface area contributed by atoms with E-state index in [1.807, 2.05) is 0 Å². The van der Waals surface area contributed by atoms with Crippen molar-refractivity contribution in [3.8, 4) is 0 Å². The molecule has 0 aliphatic heterocycles. The van der Waals surface area contributed by atoms with Crippen LogP contribution in [-0.4, -0.2) is 63.8 Å². The topological polar surface area (TPSA) is 47.7 Å². The Balaban J connectivity index is 4.25. The Labute approximate surface area is 143 Å². The standard InChI is InChI=1S/C16H40N2O2Si2/c1-7-19-21-15(3,4)9-12-18(14-11-17)13-10-16(5,6)22-20-8-2/h7-14,17,21-22H2,1-6H3. The number of hydrogen-bond acceptors (Lipinski definition) is 4. The highest BCUT2D eigenvalue weighted by molar-refractivity contribution is 6.32. The lowest BCUT2D eigenvalue weighted by Gasteiger charge is -2.31. The number of rotatable bonds is 14. The molecule has 0 amide bonds. The maximum atomic E-state index is 5.79. The molecule has 0 saturated carbocycles. The minimum atomic E-state index is -0.441. The van der Waals surface area contributed by atoms with Crippen molar-refractivity contribution < 1.29 is 8.85 Å². The normalized spacial score (nSPS) is 14.2. The molecule has 0 rings (SSSR count). The minimum Gasteiger partial charge on any atom is -0.424 e. The van der Waals surface area contributed by atoms with Gasteiger partial charge >= 0.3 is 0 Å². The molecular formula is C16H40N2O2Si2. The Morgan fingerprint density at radius 2 is 1.23 bits per heavy atom. The molecule has 0 aliphatic carbocycles. The Morgan fingerprint density at radius 1 is 0.818 bits per heavy atom. The van der Waals surface area contributed by atoms with E-state index in [1.165, 1.54) is 12.8 Å². The van der Waals surface area contributed by atoms with Gasteiger partial charge in [-0.15, -0.1) is 0 Å². The largest absolute Gasteiger partial charge is 0.424 e. The van der Waals surface area contributed by atoms with Crippen LogP contribution in [0.2, 0.25) is 10.1 Å². The average Bonchev–Trinajstić information content (AvgIpc) is 2.46. The maximum Gasteiger partial charge on any atom is 0.167 e. The molecule has 0 unspecified atom stereocenters. The van der Waals surface area contributed by atoms with E-state index < -0.39 is 19.5 Å². The monoisotopic (exact) mass is 348 g/mol. The van der Waals surface area contributed by atoms with E-state index in [2.05, 4.69) is 46.4 Å². The number of nitrogens with two attached hydrogens (primary N) is 1. The zero-order valence-corrected chi connectivity index (χ0v) is 18.7. The third kappa shape index (κ3) is 11.8. The van der Waals surface area contributed by atoms with Crippen LogP contribution < -0.4 is 5.73 Å². The van der Waals surface area contributed by atoms with Crippen LogP contribution in [0.1, 0.15) is 54.4 Å². The molecule has 0 fully saturated rings. The summed E-state index contributed by atoms with van der Waals surface area (Å²) in [6.07, 6.45) is 2.42. The fraction of sp³-hybridized carbons (Fsp3) is 1.00. The van der Waals surface area contributed by atoms with Crippen molar-refractivity contribution in [2.75, 3.05) is 39.4 Å². The van der Waals surface area contributed by atoms with Crippen molar-refractivity contribution in [2.45, 2.75) is 64.5 Å². The number of hydrogen-bond donors (Lipinski definition) is 1. The summed E-state index contributed by atoms with van der Waals surface area (Å²) in [5, 5.41) is 0.747. The molecule has 2 N–H and O–H groups in total. The molecule has 0 heterocycles. The van der Waals surface area contributed by atoms with Gasteiger partial charge < -0.3 is 19.5 Å². The Morgan fingerprint density at radius 3 is 1.55 bits per heavy atom. The van der Waals surface area contributed by atoms with Gasteiger partial charge in [0.25, 0.3) is 0 Å². The van der Waals surface area contributed by atoms with Crippen molar-refractivity contribution in [1.29, 1.82) is 0 Å². The molecule has 0 radical (unpaired) electrons. The average molecular weight is 349 g/mol. The van der Waals surface area contributed by atoms with Crippen LogP contribution in [0.25, 0.3) is 0 Å². The molecule has 6 heteroatoms. The maximum absolute atomic E-state index is 5.79. The Hall–Kier alpha value is 0.274. The molecule has 134 valence electrons. The van der Waals surface area contributed by atoms with Gasteiger partial charge in [-0.1, -0.05) is 27.7 Å². The summed E-state index contributed by atoms with van der Waals surface area (Å²) in [5.74, 6) is 0. The van der Waals surface area contributed by atoms with Crippen LogP contribution in [0, 0.1) is 0 Å². The smallest absolute Gasteiger partial charge is 0.167 e. The first kappa shape index (κ1) is 22.3. The lowest BCUT2D eigenvalue weighted by Crippen LogP contribution is -2.35. The molecule has 0 aromatic heterocycles. The molecule has 22 heavy (non-hydrogen) atoms. The van der Waals surface area contributed by atoms with Crippen LogP contribution in [-0.2, 0) is 8.85 Å². The molecule has 4 nitrogen and oxygen atoms in total. The molecule has 0 spiro atoms. The zero-order valence-electron chi connectivity index (χ0n) is 15.9. The zero-order chi connectivity index (χ0) is 17.1. The first-order valence-corrected chi connectivity index (χ1v) is 11.4.